The molecule has 0 aliphatic heterocycles. The molecule has 0 atom stereocenters. The Bertz CT molecular complexity index is 1190. The number of fused-ring (bicyclic) bond motifs is 1. The maximum Gasteiger partial charge on any atom is 0.417 e. The molecule has 0 bridgehead atoms. The van der Waals surface area contributed by atoms with Crippen molar-refractivity contribution in [3.63, 3.8) is 0 Å². The Hall–Kier alpha value is -3.84. The van der Waals surface area contributed by atoms with Crippen LogP contribution in [-0.2, 0) is 0 Å². The number of nitrogens with one attached hydrogen (secondary N) is 1. The topological polar surface area (TPSA) is 58.4 Å². The van der Waals surface area contributed by atoms with Crippen LogP contribution in [0.15, 0.2) is 87.0 Å². The minimum absolute atomic E-state index is 0.465. The lowest BCUT2D eigenvalue weighted by molar-refractivity contribution is 0.555. The summed E-state index contributed by atoms with van der Waals surface area (Å²) in [5.41, 5.74) is 4.78. The Morgan fingerprint density at radius 2 is 1.62 bits per heavy atom. The Kier molecular flexibility index (Phi) is 4.19. The van der Waals surface area contributed by atoms with Crippen molar-refractivity contribution in [3.05, 3.63) is 100 Å². The lowest BCUT2D eigenvalue weighted by Crippen LogP contribution is -1.92. The smallest absolute Gasteiger partial charge is 0.408 e. The number of aromatic nitrogens is 1. The predicted molar refractivity (Wildman–Crippen MR) is 103 cm³/mol. The van der Waals surface area contributed by atoms with E-state index in [1.165, 1.54) is 0 Å². The number of aromatic amines is 1. The van der Waals surface area contributed by atoms with Crippen LogP contribution >= 0.6 is 0 Å². The summed E-state index contributed by atoms with van der Waals surface area (Å²) in [6, 6.07) is 23.1. The van der Waals surface area contributed by atoms with Gasteiger partial charge in [0.25, 0.3) is 0 Å². The van der Waals surface area contributed by atoms with Crippen LogP contribution in [0.1, 0.15) is 16.7 Å². The zero-order valence-corrected chi connectivity index (χ0v) is 13.8. The molecule has 0 saturated carbocycles. The van der Waals surface area contributed by atoms with Gasteiger partial charge in [-0.25, -0.2) is 4.79 Å². The molecule has 0 spiro atoms. The molecule has 4 nitrogen and oxygen atoms in total. The highest BCUT2D eigenvalue weighted by atomic mass is 16.4. The van der Waals surface area contributed by atoms with E-state index in [0.717, 1.165) is 16.7 Å². The first-order valence-corrected chi connectivity index (χ1v) is 8.10. The average Bonchev–Trinajstić information content (AvgIpc) is 3.05. The first-order chi connectivity index (χ1) is 12.8. The monoisotopic (exact) mass is 338 g/mol. The maximum atomic E-state index is 11.2. The summed E-state index contributed by atoms with van der Waals surface area (Å²) in [4.78, 5) is 18.2. The molecular formula is C22H14N2O2. The van der Waals surface area contributed by atoms with E-state index in [0.29, 0.717) is 16.8 Å². The number of rotatable bonds is 2. The summed E-state index contributed by atoms with van der Waals surface area (Å²) < 4.78 is 5.04. The number of aliphatic imine (C=N–C) groups is 1. The molecular weight excluding hydrogens is 324 g/mol. The second-order valence-electron chi connectivity index (χ2n) is 5.69. The molecule has 0 aliphatic rings. The van der Waals surface area contributed by atoms with Gasteiger partial charge in [-0.2, -0.15) is 0 Å². The lowest BCUT2D eigenvalue weighted by Gasteiger charge is -1.95. The Balaban J connectivity index is 1.50. The van der Waals surface area contributed by atoms with Crippen molar-refractivity contribution in [1.29, 1.82) is 0 Å². The van der Waals surface area contributed by atoms with Gasteiger partial charge in [0, 0.05) is 23.4 Å². The van der Waals surface area contributed by atoms with Crippen molar-refractivity contribution < 1.29 is 4.42 Å². The molecule has 26 heavy (non-hydrogen) atoms. The van der Waals surface area contributed by atoms with Crippen LogP contribution in [0.3, 0.4) is 0 Å². The Morgan fingerprint density at radius 1 is 0.885 bits per heavy atom. The summed E-state index contributed by atoms with van der Waals surface area (Å²) in [6.45, 7) is 0. The molecule has 4 rings (SSSR count). The fourth-order valence-corrected chi connectivity index (χ4v) is 2.48. The van der Waals surface area contributed by atoms with Crippen molar-refractivity contribution in [1.82, 2.24) is 4.98 Å². The van der Waals surface area contributed by atoms with Gasteiger partial charge in [-0.05, 0) is 42.0 Å². The lowest BCUT2D eigenvalue weighted by atomic mass is 10.1. The summed E-state index contributed by atoms with van der Waals surface area (Å²) in [7, 11) is 0. The Morgan fingerprint density at radius 3 is 2.38 bits per heavy atom. The number of benzene rings is 3. The number of nitrogens with zero attached hydrogens (tertiary/aromatic N) is 1. The van der Waals surface area contributed by atoms with Crippen LogP contribution in [-0.4, -0.2) is 11.2 Å². The van der Waals surface area contributed by atoms with Crippen LogP contribution in [0, 0.1) is 11.8 Å². The summed E-state index contributed by atoms with van der Waals surface area (Å²) in [5, 5.41) is 0. The molecule has 4 aromatic rings. The third-order valence-electron chi connectivity index (χ3n) is 3.80. The van der Waals surface area contributed by atoms with Gasteiger partial charge in [0.15, 0.2) is 5.58 Å². The van der Waals surface area contributed by atoms with Crippen molar-refractivity contribution >= 4 is 23.0 Å². The molecule has 124 valence electrons. The third kappa shape index (κ3) is 3.63. The van der Waals surface area contributed by atoms with Gasteiger partial charge in [0.05, 0.1) is 11.2 Å². The van der Waals surface area contributed by atoms with Gasteiger partial charge in [-0.15, -0.1) is 0 Å². The standard InChI is InChI=1S/C22H14N2O2/c25-22-24-20-13-12-19(14-21(20)26-22)23-15-18-10-8-17(9-11-18)7-6-16-4-2-1-3-5-16/h1-5,8-15H,(H,24,25)/b23-15+. The molecule has 0 fully saturated rings. The van der Waals surface area contributed by atoms with E-state index in [9.17, 15) is 4.79 Å². The SMILES string of the molecule is O=c1[nH]c2ccc(/N=C/c3ccc(C#Cc4ccccc4)cc3)cc2o1. The van der Waals surface area contributed by atoms with Gasteiger partial charge >= 0.3 is 5.76 Å². The first kappa shape index (κ1) is 15.7. The van der Waals surface area contributed by atoms with E-state index in [1.54, 1.807) is 18.3 Å². The van der Waals surface area contributed by atoms with Crippen molar-refractivity contribution in [2.24, 2.45) is 4.99 Å². The molecule has 1 aromatic heterocycles. The number of hydrogen-bond donors (Lipinski definition) is 1. The van der Waals surface area contributed by atoms with Crippen LogP contribution in [0.2, 0.25) is 0 Å². The largest absolute Gasteiger partial charge is 0.417 e. The third-order valence-corrected chi connectivity index (χ3v) is 3.80. The number of hydrogen-bond acceptors (Lipinski definition) is 3. The normalized spacial score (nSPS) is 10.8. The van der Waals surface area contributed by atoms with Gasteiger partial charge in [-0.1, -0.05) is 42.2 Å². The quantitative estimate of drug-likeness (QED) is 0.438. The fraction of sp³-hybridized carbons (Fsp3) is 0. The van der Waals surface area contributed by atoms with Crippen molar-refractivity contribution in [2.75, 3.05) is 0 Å². The maximum absolute atomic E-state index is 11.2. The minimum Gasteiger partial charge on any atom is -0.408 e. The zero-order chi connectivity index (χ0) is 17.8. The Labute approximate surface area is 149 Å². The van der Waals surface area contributed by atoms with E-state index >= 15 is 0 Å². The zero-order valence-electron chi connectivity index (χ0n) is 13.8. The summed E-state index contributed by atoms with van der Waals surface area (Å²) in [6.07, 6.45) is 1.76. The highest BCUT2D eigenvalue weighted by molar-refractivity contribution is 5.84. The van der Waals surface area contributed by atoms with E-state index in [1.807, 2.05) is 60.7 Å². The van der Waals surface area contributed by atoms with Crippen LogP contribution in [0.5, 0.6) is 0 Å². The van der Waals surface area contributed by atoms with Crippen LogP contribution in [0.4, 0.5) is 5.69 Å². The van der Waals surface area contributed by atoms with Gasteiger partial charge in [-0.3, -0.25) is 9.98 Å². The number of H-pyrrole nitrogens is 1. The summed E-state index contributed by atoms with van der Waals surface area (Å²) >= 11 is 0. The fourth-order valence-electron chi connectivity index (χ4n) is 2.48. The summed E-state index contributed by atoms with van der Waals surface area (Å²) in [5.74, 6) is 5.81. The van der Waals surface area contributed by atoms with E-state index in [4.69, 9.17) is 4.42 Å². The number of oxazole rings is 1. The van der Waals surface area contributed by atoms with Crippen LogP contribution in [0.25, 0.3) is 11.1 Å². The molecule has 0 unspecified atom stereocenters. The highest BCUT2D eigenvalue weighted by Gasteiger charge is 2.00. The molecule has 4 heteroatoms. The molecule has 1 N–H and O–H groups in total. The predicted octanol–water partition coefficient (Wildman–Crippen LogP) is 4.27. The molecule has 0 amide bonds. The molecule has 0 radical (unpaired) electrons. The van der Waals surface area contributed by atoms with Gasteiger partial charge in [0.2, 0.25) is 0 Å². The second kappa shape index (κ2) is 6.96. The van der Waals surface area contributed by atoms with Crippen molar-refractivity contribution in [3.8, 4) is 11.8 Å². The van der Waals surface area contributed by atoms with E-state index < -0.39 is 5.76 Å². The van der Waals surface area contributed by atoms with Crippen molar-refractivity contribution in [2.45, 2.75) is 0 Å². The first-order valence-electron chi connectivity index (χ1n) is 8.10. The highest BCUT2D eigenvalue weighted by Crippen LogP contribution is 2.18. The molecule has 0 aliphatic carbocycles. The minimum atomic E-state index is -0.465. The molecule has 0 saturated heterocycles. The molecule has 1 heterocycles. The van der Waals surface area contributed by atoms with E-state index in [2.05, 4.69) is 21.8 Å². The molecule has 3 aromatic carbocycles. The van der Waals surface area contributed by atoms with Gasteiger partial charge < -0.3 is 4.42 Å². The van der Waals surface area contributed by atoms with Crippen LogP contribution < -0.4 is 5.76 Å². The average molecular weight is 338 g/mol. The van der Waals surface area contributed by atoms with E-state index in [-0.39, 0.29) is 0 Å². The second-order valence-corrected chi connectivity index (χ2v) is 5.69. The van der Waals surface area contributed by atoms with Gasteiger partial charge in [0.1, 0.15) is 0 Å².